The molecule has 0 saturated carbocycles. The highest BCUT2D eigenvalue weighted by atomic mass is 19.1. The van der Waals surface area contributed by atoms with Crippen LogP contribution in [0.2, 0.25) is 0 Å². The van der Waals surface area contributed by atoms with Crippen LogP contribution in [-0.4, -0.2) is 40.6 Å². The van der Waals surface area contributed by atoms with E-state index in [1.807, 2.05) is 12.3 Å². The molecule has 1 aromatic carbocycles. The monoisotopic (exact) mass is 356 g/mol. The number of halogens is 1. The summed E-state index contributed by atoms with van der Waals surface area (Å²) >= 11 is 0. The van der Waals surface area contributed by atoms with E-state index in [1.165, 1.54) is 25.7 Å². The van der Waals surface area contributed by atoms with E-state index in [0.717, 1.165) is 56.3 Å². The first kappa shape index (κ1) is 17.5. The third kappa shape index (κ3) is 3.93. The van der Waals surface area contributed by atoms with Crippen molar-refractivity contribution in [3.8, 4) is 0 Å². The van der Waals surface area contributed by atoms with Gasteiger partial charge in [-0.1, -0.05) is 6.07 Å². The van der Waals surface area contributed by atoms with Crippen LogP contribution in [-0.2, 0) is 13.1 Å². The predicted molar refractivity (Wildman–Crippen MR) is 103 cm³/mol. The maximum absolute atomic E-state index is 14.6. The van der Waals surface area contributed by atoms with Crippen molar-refractivity contribution in [1.82, 2.24) is 14.5 Å². The molecule has 2 aliphatic heterocycles. The number of aromatic nitrogens is 2. The minimum Gasteiger partial charge on any atom is -0.369 e. The smallest absolute Gasteiger partial charge is 0.146 e. The highest BCUT2D eigenvalue weighted by molar-refractivity contribution is 5.49. The van der Waals surface area contributed by atoms with Crippen molar-refractivity contribution in [3.05, 3.63) is 47.8 Å². The minimum atomic E-state index is -0.0630. The number of piperidine rings is 1. The van der Waals surface area contributed by atoms with E-state index in [0.29, 0.717) is 5.92 Å². The molecule has 0 spiro atoms. The maximum atomic E-state index is 14.6. The first-order chi connectivity index (χ1) is 12.7. The topological polar surface area (TPSA) is 24.3 Å². The van der Waals surface area contributed by atoms with Crippen LogP contribution in [0.5, 0.6) is 0 Å². The zero-order valence-electron chi connectivity index (χ0n) is 15.7. The highest BCUT2D eigenvalue weighted by Crippen LogP contribution is 2.26. The summed E-state index contributed by atoms with van der Waals surface area (Å²) in [5.74, 6) is 1.67. The van der Waals surface area contributed by atoms with E-state index in [9.17, 15) is 4.39 Å². The van der Waals surface area contributed by atoms with E-state index in [1.54, 1.807) is 6.07 Å². The van der Waals surface area contributed by atoms with E-state index < -0.39 is 0 Å². The Morgan fingerprint density at radius 2 is 2.00 bits per heavy atom. The molecule has 3 heterocycles. The molecule has 0 bridgehead atoms. The van der Waals surface area contributed by atoms with Gasteiger partial charge in [-0.15, -0.1) is 0 Å². The molecule has 2 aliphatic rings. The lowest BCUT2D eigenvalue weighted by atomic mass is 9.97. The summed E-state index contributed by atoms with van der Waals surface area (Å²) in [5, 5.41) is 0. The Balaban J connectivity index is 1.37. The van der Waals surface area contributed by atoms with Crippen LogP contribution in [0, 0.1) is 18.7 Å². The highest BCUT2D eigenvalue weighted by Gasteiger charge is 2.22. The number of nitrogens with zero attached hydrogens (tertiary/aromatic N) is 4. The van der Waals surface area contributed by atoms with Crippen molar-refractivity contribution >= 4 is 5.69 Å². The fourth-order valence-corrected chi connectivity index (χ4v) is 4.44. The summed E-state index contributed by atoms with van der Waals surface area (Å²) < 4.78 is 16.8. The molecule has 1 aromatic heterocycles. The molecule has 0 amide bonds. The zero-order chi connectivity index (χ0) is 17.9. The summed E-state index contributed by atoms with van der Waals surface area (Å²) in [6, 6.07) is 5.84. The quantitative estimate of drug-likeness (QED) is 0.813. The van der Waals surface area contributed by atoms with Gasteiger partial charge in [0, 0.05) is 45.1 Å². The Bertz CT molecular complexity index is 735. The number of benzene rings is 1. The van der Waals surface area contributed by atoms with Crippen molar-refractivity contribution in [1.29, 1.82) is 0 Å². The van der Waals surface area contributed by atoms with Crippen LogP contribution in [0.4, 0.5) is 10.1 Å². The minimum absolute atomic E-state index is 0.0630. The number of hydrogen-bond acceptors (Lipinski definition) is 3. The molecule has 26 heavy (non-hydrogen) atoms. The molecule has 4 rings (SSSR count). The van der Waals surface area contributed by atoms with Gasteiger partial charge in [-0.3, -0.25) is 4.90 Å². The van der Waals surface area contributed by atoms with Crippen LogP contribution in [0.15, 0.2) is 30.6 Å². The number of aryl methyl sites for hydroxylation is 1. The standard InChI is InChI=1S/C21H29FN4/c1-17-23-8-12-26(17)16-19-5-4-9-24(15-19)14-18-6-7-21(20(22)13-18)25-10-2-3-11-25/h6-8,12-13,19H,2-5,9-11,14-16H2,1H3/t19-/m1/s1. The molecular formula is C21H29FN4. The van der Waals surface area contributed by atoms with E-state index >= 15 is 0 Å². The molecule has 4 nitrogen and oxygen atoms in total. The number of rotatable bonds is 5. The second kappa shape index (κ2) is 7.78. The maximum Gasteiger partial charge on any atom is 0.146 e. The Morgan fingerprint density at radius 1 is 1.15 bits per heavy atom. The van der Waals surface area contributed by atoms with E-state index in [2.05, 4.69) is 38.5 Å². The first-order valence-corrected chi connectivity index (χ1v) is 9.92. The summed E-state index contributed by atoms with van der Waals surface area (Å²) in [7, 11) is 0. The van der Waals surface area contributed by atoms with Crippen LogP contribution < -0.4 is 4.90 Å². The summed E-state index contributed by atoms with van der Waals surface area (Å²) in [6.45, 7) is 8.09. The summed E-state index contributed by atoms with van der Waals surface area (Å²) in [4.78, 5) is 8.97. The van der Waals surface area contributed by atoms with Gasteiger partial charge in [0.1, 0.15) is 11.6 Å². The van der Waals surface area contributed by atoms with Crippen LogP contribution in [0.3, 0.4) is 0 Å². The average molecular weight is 356 g/mol. The molecule has 140 valence electrons. The van der Waals surface area contributed by atoms with Crippen LogP contribution in [0.1, 0.15) is 37.1 Å². The van der Waals surface area contributed by atoms with Gasteiger partial charge in [-0.2, -0.15) is 0 Å². The number of hydrogen-bond donors (Lipinski definition) is 0. The lowest BCUT2D eigenvalue weighted by molar-refractivity contribution is 0.155. The summed E-state index contributed by atoms with van der Waals surface area (Å²) in [5.41, 5.74) is 1.86. The van der Waals surface area contributed by atoms with Crippen LogP contribution in [0.25, 0.3) is 0 Å². The molecule has 5 heteroatoms. The third-order valence-corrected chi connectivity index (χ3v) is 5.85. The number of likely N-dealkylation sites (tertiary alicyclic amines) is 1. The van der Waals surface area contributed by atoms with Gasteiger partial charge in [0.2, 0.25) is 0 Å². The SMILES string of the molecule is Cc1nccn1C[C@@H]1CCCN(Cc2ccc(N3CCCC3)c(F)c2)C1. The van der Waals surface area contributed by atoms with Gasteiger partial charge in [0.25, 0.3) is 0 Å². The Hall–Kier alpha value is -1.88. The molecule has 2 saturated heterocycles. The van der Waals surface area contributed by atoms with Crippen molar-refractivity contribution in [2.75, 3.05) is 31.1 Å². The lowest BCUT2D eigenvalue weighted by Gasteiger charge is -2.33. The van der Waals surface area contributed by atoms with Gasteiger partial charge in [-0.05, 0) is 62.8 Å². The molecule has 0 aliphatic carbocycles. The molecular weight excluding hydrogens is 327 g/mol. The lowest BCUT2D eigenvalue weighted by Crippen LogP contribution is -2.36. The molecule has 0 N–H and O–H groups in total. The Morgan fingerprint density at radius 3 is 2.73 bits per heavy atom. The molecule has 0 radical (unpaired) electrons. The molecule has 1 atom stereocenters. The van der Waals surface area contributed by atoms with Gasteiger partial charge >= 0.3 is 0 Å². The first-order valence-electron chi connectivity index (χ1n) is 9.92. The van der Waals surface area contributed by atoms with E-state index in [-0.39, 0.29) is 5.82 Å². The fourth-order valence-electron chi connectivity index (χ4n) is 4.44. The number of imidazole rings is 1. The van der Waals surface area contributed by atoms with Crippen LogP contribution >= 0.6 is 0 Å². The molecule has 2 aromatic rings. The Kier molecular flexibility index (Phi) is 5.25. The third-order valence-electron chi connectivity index (χ3n) is 5.85. The van der Waals surface area contributed by atoms with Gasteiger partial charge in [0.15, 0.2) is 0 Å². The second-order valence-electron chi connectivity index (χ2n) is 7.85. The zero-order valence-corrected chi connectivity index (χ0v) is 15.7. The second-order valence-corrected chi connectivity index (χ2v) is 7.85. The van der Waals surface area contributed by atoms with Gasteiger partial charge < -0.3 is 9.47 Å². The predicted octanol–water partition coefficient (Wildman–Crippen LogP) is 3.84. The Labute approximate surface area is 155 Å². The molecule has 0 unspecified atom stereocenters. The van der Waals surface area contributed by atoms with Crippen molar-refractivity contribution in [2.24, 2.45) is 5.92 Å². The fraction of sp³-hybridized carbons (Fsp3) is 0.571. The van der Waals surface area contributed by atoms with Crippen molar-refractivity contribution in [2.45, 2.75) is 45.7 Å². The van der Waals surface area contributed by atoms with E-state index in [4.69, 9.17) is 0 Å². The van der Waals surface area contributed by atoms with Crippen molar-refractivity contribution in [3.63, 3.8) is 0 Å². The molecule has 2 fully saturated rings. The average Bonchev–Trinajstić information content (AvgIpc) is 3.28. The largest absolute Gasteiger partial charge is 0.369 e. The van der Waals surface area contributed by atoms with Gasteiger partial charge in [0.05, 0.1) is 5.69 Å². The number of anilines is 1. The summed E-state index contributed by atoms with van der Waals surface area (Å²) in [6.07, 6.45) is 8.77. The van der Waals surface area contributed by atoms with Crippen molar-refractivity contribution < 1.29 is 4.39 Å². The normalized spacial score (nSPS) is 21.5. The van der Waals surface area contributed by atoms with Gasteiger partial charge in [-0.25, -0.2) is 9.37 Å².